The number of amides is 1. The van der Waals surface area contributed by atoms with Crippen molar-refractivity contribution in [3.63, 3.8) is 0 Å². The summed E-state index contributed by atoms with van der Waals surface area (Å²) >= 11 is 0. The Morgan fingerprint density at radius 1 is 1.00 bits per heavy atom. The van der Waals surface area contributed by atoms with Gasteiger partial charge in [0.25, 0.3) is 0 Å². The number of ether oxygens (including phenoxy) is 1. The summed E-state index contributed by atoms with van der Waals surface area (Å²) in [5, 5.41) is 8.12. The second-order valence-corrected chi connectivity index (χ2v) is 7.68. The molecule has 0 saturated carbocycles. The van der Waals surface area contributed by atoms with Crippen molar-refractivity contribution in [1.29, 1.82) is 0 Å². The highest BCUT2D eigenvalue weighted by Gasteiger charge is 2.22. The third-order valence-electron chi connectivity index (χ3n) is 5.63. The summed E-state index contributed by atoms with van der Waals surface area (Å²) in [5.74, 6) is 2.37. The van der Waals surface area contributed by atoms with E-state index in [-0.39, 0.29) is 12.5 Å². The van der Waals surface area contributed by atoms with Crippen LogP contribution in [0.1, 0.15) is 0 Å². The van der Waals surface area contributed by atoms with E-state index in [9.17, 15) is 4.79 Å². The lowest BCUT2D eigenvalue weighted by atomic mass is 10.2. The topological polar surface area (TPSA) is 101 Å². The van der Waals surface area contributed by atoms with Gasteiger partial charge in [-0.2, -0.15) is 5.10 Å². The van der Waals surface area contributed by atoms with E-state index in [1.807, 2.05) is 24.4 Å². The van der Waals surface area contributed by atoms with Crippen LogP contribution in [0.3, 0.4) is 0 Å². The number of carbonyl (C=O) groups is 1. The van der Waals surface area contributed by atoms with E-state index in [4.69, 9.17) is 4.74 Å². The first-order valence-corrected chi connectivity index (χ1v) is 10.7. The third kappa shape index (κ3) is 4.40. The molecule has 3 aromatic heterocycles. The summed E-state index contributed by atoms with van der Waals surface area (Å²) < 4.78 is 6.75. The molecule has 0 radical (unpaired) electrons. The first-order chi connectivity index (χ1) is 16.2. The fourth-order valence-corrected chi connectivity index (χ4v) is 3.95. The molecule has 0 atom stereocenters. The molecule has 1 aromatic carbocycles. The molecule has 4 aromatic rings. The maximum absolute atomic E-state index is 12.6. The maximum Gasteiger partial charge on any atom is 0.246 e. The molecular formula is C23H24N8O2. The molecule has 10 nitrogen and oxygen atoms in total. The molecule has 4 heterocycles. The van der Waals surface area contributed by atoms with Gasteiger partial charge in [0.1, 0.15) is 30.3 Å². The van der Waals surface area contributed by atoms with Gasteiger partial charge < -0.3 is 19.9 Å². The van der Waals surface area contributed by atoms with Crippen molar-refractivity contribution in [2.45, 2.75) is 6.54 Å². The summed E-state index contributed by atoms with van der Waals surface area (Å²) in [7, 11) is 1.60. The zero-order valence-electron chi connectivity index (χ0n) is 18.3. The molecule has 1 amide bonds. The van der Waals surface area contributed by atoms with Gasteiger partial charge in [-0.05, 0) is 36.4 Å². The first-order valence-electron chi connectivity index (χ1n) is 10.7. The molecule has 5 rings (SSSR count). The Kier molecular flexibility index (Phi) is 5.71. The third-order valence-corrected chi connectivity index (χ3v) is 5.63. The SMILES string of the molecule is COc1ccc(NC(=O)Cn2ncc3c(N4CCN(c5ccccn5)CC4)ncnc32)cc1. The molecule has 168 valence electrons. The van der Waals surface area contributed by atoms with Crippen LogP contribution in [0.4, 0.5) is 17.3 Å². The van der Waals surface area contributed by atoms with Gasteiger partial charge in [0.15, 0.2) is 5.65 Å². The molecule has 0 aliphatic carbocycles. The zero-order valence-corrected chi connectivity index (χ0v) is 18.3. The van der Waals surface area contributed by atoms with Gasteiger partial charge in [0.2, 0.25) is 5.91 Å². The van der Waals surface area contributed by atoms with Crippen LogP contribution in [0.5, 0.6) is 5.75 Å². The van der Waals surface area contributed by atoms with Gasteiger partial charge in [0, 0.05) is 38.1 Å². The van der Waals surface area contributed by atoms with E-state index in [0.29, 0.717) is 11.3 Å². The summed E-state index contributed by atoms with van der Waals surface area (Å²) in [4.78, 5) is 30.4. The fourth-order valence-electron chi connectivity index (χ4n) is 3.95. The Morgan fingerprint density at radius 2 is 1.79 bits per heavy atom. The molecule has 1 fully saturated rings. The molecular weight excluding hydrogens is 420 g/mol. The van der Waals surface area contributed by atoms with Crippen molar-refractivity contribution in [1.82, 2.24) is 24.7 Å². The Labute approximate surface area is 190 Å². The number of nitrogens with zero attached hydrogens (tertiary/aromatic N) is 7. The number of hydrogen-bond donors (Lipinski definition) is 1. The van der Waals surface area contributed by atoms with Gasteiger partial charge in [0.05, 0.1) is 18.7 Å². The van der Waals surface area contributed by atoms with Crippen LogP contribution in [-0.4, -0.2) is 63.9 Å². The van der Waals surface area contributed by atoms with Crippen molar-refractivity contribution in [2.75, 3.05) is 48.4 Å². The number of aromatic nitrogens is 5. The van der Waals surface area contributed by atoms with Crippen molar-refractivity contribution >= 4 is 34.3 Å². The Morgan fingerprint density at radius 3 is 2.52 bits per heavy atom. The number of piperazine rings is 1. The maximum atomic E-state index is 12.6. The fraction of sp³-hybridized carbons (Fsp3) is 0.261. The predicted molar refractivity (Wildman–Crippen MR) is 126 cm³/mol. The van der Waals surface area contributed by atoms with E-state index in [0.717, 1.165) is 49.0 Å². The molecule has 33 heavy (non-hydrogen) atoms. The lowest BCUT2D eigenvalue weighted by Gasteiger charge is -2.36. The quantitative estimate of drug-likeness (QED) is 0.483. The molecule has 0 spiro atoms. The van der Waals surface area contributed by atoms with Gasteiger partial charge in [-0.1, -0.05) is 6.07 Å². The lowest BCUT2D eigenvalue weighted by Crippen LogP contribution is -2.47. The van der Waals surface area contributed by atoms with Gasteiger partial charge in [-0.25, -0.2) is 19.6 Å². The second-order valence-electron chi connectivity index (χ2n) is 7.68. The number of benzene rings is 1. The number of rotatable bonds is 6. The van der Waals surface area contributed by atoms with E-state index >= 15 is 0 Å². The molecule has 1 aliphatic heterocycles. The lowest BCUT2D eigenvalue weighted by molar-refractivity contribution is -0.116. The first kappa shape index (κ1) is 20.7. The van der Waals surface area contributed by atoms with E-state index in [1.54, 1.807) is 42.3 Å². The van der Waals surface area contributed by atoms with Crippen molar-refractivity contribution in [3.8, 4) is 5.75 Å². The highest BCUT2D eigenvalue weighted by Crippen LogP contribution is 2.25. The van der Waals surface area contributed by atoms with Crippen LogP contribution in [0, 0.1) is 0 Å². The van der Waals surface area contributed by atoms with Crippen molar-refractivity contribution in [2.24, 2.45) is 0 Å². The largest absolute Gasteiger partial charge is 0.497 e. The Bertz CT molecular complexity index is 1230. The Balaban J connectivity index is 1.27. The summed E-state index contributed by atoms with van der Waals surface area (Å²) in [6.07, 6.45) is 5.08. The number of methoxy groups -OCH3 is 1. The summed E-state index contributed by atoms with van der Waals surface area (Å²) in [6.45, 7) is 3.37. The number of carbonyl (C=O) groups excluding carboxylic acids is 1. The average Bonchev–Trinajstić information content (AvgIpc) is 3.28. The van der Waals surface area contributed by atoms with Gasteiger partial charge >= 0.3 is 0 Å². The van der Waals surface area contributed by atoms with Crippen LogP contribution >= 0.6 is 0 Å². The summed E-state index contributed by atoms with van der Waals surface area (Å²) in [6, 6.07) is 13.1. The minimum Gasteiger partial charge on any atom is -0.497 e. The van der Waals surface area contributed by atoms with Crippen LogP contribution in [-0.2, 0) is 11.3 Å². The molecule has 1 saturated heterocycles. The Hall–Kier alpha value is -4.21. The average molecular weight is 444 g/mol. The molecule has 0 unspecified atom stereocenters. The predicted octanol–water partition coefficient (Wildman–Crippen LogP) is 2.20. The highest BCUT2D eigenvalue weighted by molar-refractivity contribution is 5.92. The molecule has 0 bridgehead atoms. The normalized spacial score (nSPS) is 13.8. The van der Waals surface area contributed by atoms with E-state index in [2.05, 4.69) is 35.2 Å². The smallest absolute Gasteiger partial charge is 0.246 e. The molecule has 1 aliphatic rings. The van der Waals surface area contributed by atoms with E-state index < -0.39 is 0 Å². The zero-order chi connectivity index (χ0) is 22.6. The highest BCUT2D eigenvalue weighted by atomic mass is 16.5. The molecule has 10 heteroatoms. The monoisotopic (exact) mass is 444 g/mol. The summed E-state index contributed by atoms with van der Waals surface area (Å²) in [5.41, 5.74) is 1.33. The van der Waals surface area contributed by atoms with Crippen LogP contribution in [0.15, 0.2) is 61.2 Å². The number of anilines is 3. The minimum absolute atomic E-state index is 0.0550. The van der Waals surface area contributed by atoms with Crippen LogP contribution in [0.25, 0.3) is 11.0 Å². The van der Waals surface area contributed by atoms with Crippen LogP contribution < -0.4 is 19.9 Å². The second kappa shape index (κ2) is 9.11. The van der Waals surface area contributed by atoms with Gasteiger partial charge in [-0.3, -0.25) is 4.79 Å². The number of hydrogen-bond acceptors (Lipinski definition) is 8. The number of fused-ring (bicyclic) bond motifs is 1. The number of nitrogens with one attached hydrogen (secondary N) is 1. The molecule has 1 N–H and O–H groups in total. The van der Waals surface area contributed by atoms with E-state index in [1.165, 1.54) is 6.33 Å². The van der Waals surface area contributed by atoms with Crippen LogP contribution in [0.2, 0.25) is 0 Å². The minimum atomic E-state index is -0.186. The van der Waals surface area contributed by atoms with Crippen molar-refractivity contribution in [3.05, 3.63) is 61.2 Å². The standard InChI is InChI=1S/C23H24N8O2/c1-33-18-7-5-17(6-8-18)28-21(32)15-31-23-19(14-27-31)22(25-16-26-23)30-12-10-29(11-13-30)20-4-2-3-9-24-20/h2-9,14,16H,10-13,15H2,1H3,(H,28,32). The van der Waals surface area contributed by atoms with Crippen molar-refractivity contribution < 1.29 is 9.53 Å². The number of pyridine rings is 1. The van der Waals surface area contributed by atoms with Gasteiger partial charge in [-0.15, -0.1) is 0 Å².